The third-order valence-electron chi connectivity index (χ3n) is 7.70. The third-order valence-corrected chi connectivity index (χ3v) is 7.70. The van der Waals surface area contributed by atoms with E-state index in [9.17, 15) is 14.7 Å². The number of anilines is 2. The van der Waals surface area contributed by atoms with Crippen LogP contribution in [0, 0.1) is 6.92 Å². The lowest BCUT2D eigenvalue weighted by molar-refractivity contribution is -0.132. The Kier molecular flexibility index (Phi) is 5.75. The van der Waals surface area contributed by atoms with Crippen LogP contribution in [0.25, 0.3) is 5.76 Å². The molecular formula is C31H30N2O4. The van der Waals surface area contributed by atoms with Crippen LogP contribution in [0.2, 0.25) is 0 Å². The number of carbonyl (C=O) groups excluding carboxylic acids is 2. The molecule has 0 radical (unpaired) electrons. The average molecular weight is 495 g/mol. The molecule has 188 valence electrons. The first-order chi connectivity index (χ1) is 17.9. The molecule has 1 N–H and O–H groups in total. The topological polar surface area (TPSA) is 70.1 Å². The third kappa shape index (κ3) is 3.97. The van der Waals surface area contributed by atoms with Crippen LogP contribution in [0.5, 0.6) is 5.75 Å². The van der Waals surface area contributed by atoms with Crippen molar-refractivity contribution in [2.75, 3.05) is 22.9 Å². The Morgan fingerprint density at radius 3 is 2.38 bits per heavy atom. The summed E-state index contributed by atoms with van der Waals surface area (Å²) >= 11 is 0. The minimum atomic E-state index is -0.734. The Morgan fingerprint density at radius 2 is 1.65 bits per heavy atom. The highest BCUT2D eigenvalue weighted by Gasteiger charge is 2.47. The molecule has 6 nitrogen and oxygen atoms in total. The van der Waals surface area contributed by atoms with Crippen LogP contribution < -0.4 is 14.5 Å². The highest BCUT2D eigenvalue weighted by molar-refractivity contribution is 6.51. The molecule has 37 heavy (non-hydrogen) atoms. The van der Waals surface area contributed by atoms with Crippen molar-refractivity contribution in [2.45, 2.75) is 45.3 Å². The molecule has 2 atom stereocenters. The normalized spacial score (nSPS) is 22.4. The lowest BCUT2D eigenvalue weighted by Crippen LogP contribution is -2.29. The fraction of sp³-hybridized carbons (Fsp3) is 0.290. The van der Waals surface area contributed by atoms with Gasteiger partial charge in [0, 0.05) is 36.4 Å². The van der Waals surface area contributed by atoms with Crippen molar-refractivity contribution in [3.63, 3.8) is 0 Å². The van der Waals surface area contributed by atoms with Gasteiger partial charge in [0.1, 0.15) is 17.6 Å². The minimum absolute atomic E-state index is 0.0634. The molecular weight excluding hydrogens is 464 g/mol. The van der Waals surface area contributed by atoms with Gasteiger partial charge in [-0.05, 0) is 85.8 Å². The van der Waals surface area contributed by atoms with Crippen LogP contribution in [0.15, 0.2) is 72.3 Å². The fourth-order valence-electron chi connectivity index (χ4n) is 5.81. The van der Waals surface area contributed by atoms with Crippen LogP contribution >= 0.6 is 0 Å². The van der Waals surface area contributed by atoms with Gasteiger partial charge in [-0.3, -0.25) is 14.5 Å². The molecule has 6 rings (SSSR count). The summed E-state index contributed by atoms with van der Waals surface area (Å²) < 4.78 is 5.80. The molecule has 0 aliphatic carbocycles. The summed E-state index contributed by atoms with van der Waals surface area (Å²) in [6, 6.07) is 20.2. The number of aliphatic hydroxyl groups excluding tert-OH is 1. The second-order valence-electron chi connectivity index (χ2n) is 10.2. The second-order valence-corrected chi connectivity index (χ2v) is 10.2. The Balaban J connectivity index is 1.47. The predicted octanol–water partition coefficient (Wildman–Crippen LogP) is 5.54. The van der Waals surface area contributed by atoms with Crippen molar-refractivity contribution in [2.24, 2.45) is 0 Å². The number of benzene rings is 3. The van der Waals surface area contributed by atoms with E-state index < -0.39 is 17.7 Å². The highest BCUT2D eigenvalue weighted by Crippen LogP contribution is 2.44. The lowest BCUT2D eigenvalue weighted by atomic mass is 9.92. The quantitative estimate of drug-likeness (QED) is 0.293. The van der Waals surface area contributed by atoms with Crippen LogP contribution in [0.3, 0.4) is 0 Å². The molecule has 3 heterocycles. The van der Waals surface area contributed by atoms with Gasteiger partial charge in [0.25, 0.3) is 11.7 Å². The van der Waals surface area contributed by atoms with E-state index in [1.807, 2.05) is 74.5 Å². The van der Waals surface area contributed by atoms with Gasteiger partial charge in [0.15, 0.2) is 0 Å². The first-order valence-corrected chi connectivity index (χ1v) is 12.9. The summed E-state index contributed by atoms with van der Waals surface area (Å²) in [5.74, 6) is -0.690. The maximum absolute atomic E-state index is 13.5. The summed E-state index contributed by atoms with van der Waals surface area (Å²) in [5.41, 5.74) is 5.09. The number of Topliss-reactive ketones (excluding diaryl/α,β-unsaturated/α-hetero) is 1. The van der Waals surface area contributed by atoms with E-state index >= 15 is 0 Å². The van der Waals surface area contributed by atoms with Gasteiger partial charge < -0.3 is 14.7 Å². The van der Waals surface area contributed by atoms with Gasteiger partial charge in [-0.15, -0.1) is 0 Å². The second kappa shape index (κ2) is 9.11. The number of hydrogen-bond donors (Lipinski definition) is 1. The summed E-state index contributed by atoms with van der Waals surface area (Å²) in [6.07, 6.45) is 3.15. The molecule has 6 heteroatoms. The molecule has 0 saturated carbocycles. The summed E-state index contributed by atoms with van der Waals surface area (Å²) in [5, 5.41) is 11.5. The molecule has 3 aliphatic rings. The maximum atomic E-state index is 13.5. The van der Waals surface area contributed by atoms with Crippen LogP contribution in [0.1, 0.15) is 48.1 Å². The molecule has 3 aromatic rings. The van der Waals surface area contributed by atoms with Crippen molar-refractivity contribution >= 4 is 28.8 Å². The molecule has 3 aliphatic heterocycles. The molecule has 0 bridgehead atoms. The number of rotatable bonds is 4. The van der Waals surface area contributed by atoms with E-state index in [1.54, 1.807) is 6.07 Å². The van der Waals surface area contributed by atoms with Gasteiger partial charge in [-0.25, -0.2) is 0 Å². The van der Waals surface area contributed by atoms with E-state index in [0.29, 0.717) is 11.3 Å². The van der Waals surface area contributed by atoms with Gasteiger partial charge in [-0.2, -0.15) is 0 Å². The van der Waals surface area contributed by atoms with Crippen molar-refractivity contribution in [3.8, 4) is 5.75 Å². The number of ketones is 1. The van der Waals surface area contributed by atoms with Crippen molar-refractivity contribution < 1.29 is 19.4 Å². The summed E-state index contributed by atoms with van der Waals surface area (Å²) in [7, 11) is 0. The van der Waals surface area contributed by atoms with Crippen molar-refractivity contribution in [3.05, 3.63) is 94.6 Å². The van der Waals surface area contributed by atoms with E-state index in [4.69, 9.17) is 4.74 Å². The highest BCUT2D eigenvalue weighted by atomic mass is 16.5. The van der Waals surface area contributed by atoms with Crippen LogP contribution in [-0.2, 0) is 16.0 Å². The van der Waals surface area contributed by atoms with Gasteiger partial charge in [0.05, 0.1) is 11.6 Å². The Labute approximate surface area is 216 Å². The summed E-state index contributed by atoms with van der Waals surface area (Å²) in [4.78, 5) is 30.9. The molecule has 3 aromatic carbocycles. The van der Waals surface area contributed by atoms with E-state index in [1.165, 1.54) is 17.7 Å². The van der Waals surface area contributed by atoms with Gasteiger partial charge in [0.2, 0.25) is 0 Å². The Bertz CT molecular complexity index is 1420. The first-order valence-electron chi connectivity index (χ1n) is 12.9. The predicted molar refractivity (Wildman–Crippen MR) is 144 cm³/mol. The summed E-state index contributed by atoms with van der Waals surface area (Å²) in [6.45, 7) is 6.01. The number of ether oxygens (including phenoxy) is 1. The van der Waals surface area contributed by atoms with Gasteiger partial charge >= 0.3 is 0 Å². The number of fused-ring (bicyclic) bond motifs is 1. The number of hydrogen-bond acceptors (Lipinski definition) is 5. The van der Waals surface area contributed by atoms with E-state index in [0.717, 1.165) is 47.6 Å². The molecule has 2 unspecified atom stereocenters. The largest absolute Gasteiger partial charge is 0.507 e. The van der Waals surface area contributed by atoms with Gasteiger partial charge in [-0.1, -0.05) is 24.3 Å². The Morgan fingerprint density at radius 1 is 0.946 bits per heavy atom. The zero-order chi connectivity index (χ0) is 25.7. The smallest absolute Gasteiger partial charge is 0.300 e. The monoisotopic (exact) mass is 494 g/mol. The number of aliphatic hydroxyl groups is 1. The fourth-order valence-corrected chi connectivity index (χ4v) is 5.81. The zero-order valence-electron chi connectivity index (χ0n) is 21.1. The average Bonchev–Trinajstić information content (AvgIpc) is 3.62. The van der Waals surface area contributed by atoms with E-state index in [-0.39, 0.29) is 17.4 Å². The zero-order valence-corrected chi connectivity index (χ0v) is 21.1. The Hall–Kier alpha value is -4.06. The standard InChI is InChI=1S/C31H30N2O4/c1-19-7-3-4-8-25(19)28-27(29(34)21-9-14-26-22(18-21)17-20(2)37-26)30(35)31(36)33(28)24-12-10-23(11-13-24)32-15-5-6-16-32/h3-4,7-14,18,20,28,34H,5-6,15-17H2,1-2H3/b29-27+. The van der Waals surface area contributed by atoms with Crippen molar-refractivity contribution in [1.29, 1.82) is 0 Å². The number of carbonyl (C=O) groups is 2. The number of aryl methyl sites for hydroxylation is 1. The SMILES string of the molecule is Cc1ccccc1C1/C(=C(\O)c2ccc3c(c2)CC(C)O3)C(=O)C(=O)N1c1ccc(N2CCCC2)cc1. The molecule has 2 saturated heterocycles. The molecule has 0 spiro atoms. The lowest BCUT2D eigenvalue weighted by Gasteiger charge is -2.27. The molecule has 1 amide bonds. The number of amides is 1. The van der Waals surface area contributed by atoms with E-state index in [2.05, 4.69) is 4.90 Å². The first kappa shape index (κ1) is 23.3. The number of nitrogens with zero attached hydrogens (tertiary/aromatic N) is 2. The molecule has 0 aromatic heterocycles. The molecule has 2 fully saturated rings. The minimum Gasteiger partial charge on any atom is -0.507 e. The van der Waals surface area contributed by atoms with Crippen LogP contribution in [0.4, 0.5) is 11.4 Å². The van der Waals surface area contributed by atoms with Crippen LogP contribution in [-0.4, -0.2) is 36.0 Å². The van der Waals surface area contributed by atoms with Crippen molar-refractivity contribution in [1.82, 2.24) is 0 Å². The maximum Gasteiger partial charge on any atom is 0.300 e.